The SMILES string of the molecule is O=[C]c1ccccc1[C]=S. The summed E-state index contributed by atoms with van der Waals surface area (Å²) in [5.74, 6) is 0. The van der Waals surface area contributed by atoms with E-state index in [1.165, 1.54) is 0 Å². The smallest absolute Gasteiger partial charge is 0.234 e. The summed E-state index contributed by atoms with van der Waals surface area (Å²) in [6.45, 7) is 0. The lowest BCUT2D eigenvalue weighted by Crippen LogP contribution is -1.87. The highest BCUT2D eigenvalue weighted by Crippen LogP contribution is 2.01. The maximum atomic E-state index is 10.2. The van der Waals surface area contributed by atoms with Crippen LogP contribution in [0.2, 0.25) is 0 Å². The fourth-order valence-electron chi connectivity index (χ4n) is 0.661. The Kier molecular flexibility index (Phi) is 2.29. The van der Waals surface area contributed by atoms with Crippen LogP contribution in [-0.2, 0) is 4.79 Å². The Morgan fingerprint density at radius 3 is 2.20 bits per heavy atom. The number of carbonyl (C=O) groups excluding carboxylic acids is 1. The first-order valence-electron chi connectivity index (χ1n) is 2.74. The van der Waals surface area contributed by atoms with E-state index in [1.807, 2.05) is 0 Å². The van der Waals surface area contributed by atoms with Gasteiger partial charge in [0.1, 0.15) is 0 Å². The van der Waals surface area contributed by atoms with Crippen LogP contribution in [0, 0.1) is 0 Å². The van der Waals surface area contributed by atoms with Gasteiger partial charge < -0.3 is 0 Å². The lowest BCUT2D eigenvalue weighted by Gasteiger charge is -1.91. The van der Waals surface area contributed by atoms with E-state index in [2.05, 4.69) is 17.6 Å². The Morgan fingerprint density at radius 2 is 1.80 bits per heavy atom. The molecule has 0 aliphatic heterocycles. The minimum Gasteiger partial charge on any atom is -0.285 e. The van der Waals surface area contributed by atoms with Crippen LogP contribution in [0.5, 0.6) is 0 Å². The molecular weight excluding hydrogens is 144 g/mol. The molecule has 0 amide bonds. The van der Waals surface area contributed by atoms with Crippen LogP contribution >= 0.6 is 12.2 Å². The van der Waals surface area contributed by atoms with Gasteiger partial charge in [-0.05, 0) is 0 Å². The monoisotopic (exact) mass is 148 g/mol. The molecule has 0 fully saturated rings. The van der Waals surface area contributed by atoms with E-state index in [9.17, 15) is 4.79 Å². The molecule has 10 heavy (non-hydrogen) atoms. The molecule has 1 aromatic carbocycles. The molecular formula is C8H4OS. The highest BCUT2D eigenvalue weighted by molar-refractivity contribution is 7.79. The molecule has 0 saturated carbocycles. The highest BCUT2D eigenvalue weighted by atomic mass is 32.1. The Morgan fingerprint density at radius 1 is 1.20 bits per heavy atom. The summed E-state index contributed by atoms with van der Waals surface area (Å²) in [6.07, 6.45) is 1.77. The molecule has 0 aliphatic rings. The van der Waals surface area contributed by atoms with Gasteiger partial charge in [0.2, 0.25) is 6.29 Å². The third-order valence-electron chi connectivity index (χ3n) is 1.15. The van der Waals surface area contributed by atoms with Gasteiger partial charge in [-0.3, -0.25) is 4.79 Å². The molecule has 0 spiro atoms. The molecule has 0 unspecified atom stereocenters. The van der Waals surface area contributed by atoms with Crippen LogP contribution in [0.15, 0.2) is 24.3 Å². The van der Waals surface area contributed by atoms with Crippen LogP contribution in [0.1, 0.15) is 11.1 Å². The predicted octanol–water partition coefficient (Wildman–Crippen LogP) is 1.37. The van der Waals surface area contributed by atoms with Crippen molar-refractivity contribution in [1.29, 1.82) is 0 Å². The molecule has 48 valence electrons. The summed E-state index contributed by atoms with van der Waals surface area (Å²) >= 11 is 4.54. The van der Waals surface area contributed by atoms with Gasteiger partial charge in [0.25, 0.3) is 0 Å². The van der Waals surface area contributed by atoms with Crippen molar-refractivity contribution >= 4 is 23.9 Å². The number of hydrogen-bond acceptors (Lipinski definition) is 2. The van der Waals surface area contributed by atoms with Gasteiger partial charge in [0, 0.05) is 11.1 Å². The van der Waals surface area contributed by atoms with Crippen LogP contribution in [0.25, 0.3) is 0 Å². The van der Waals surface area contributed by atoms with E-state index in [1.54, 1.807) is 30.6 Å². The first-order chi connectivity index (χ1) is 4.88. The summed E-state index contributed by atoms with van der Waals surface area (Å²) < 4.78 is 0. The first-order valence-corrected chi connectivity index (χ1v) is 3.14. The average Bonchev–Trinajstić information content (AvgIpc) is 2.04. The summed E-state index contributed by atoms with van der Waals surface area (Å²) in [7, 11) is 0. The van der Waals surface area contributed by atoms with Gasteiger partial charge >= 0.3 is 0 Å². The van der Waals surface area contributed by atoms with Crippen molar-refractivity contribution in [1.82, 2.24) is 0 Å². The van der Waals surface area contributed by atoms with E-state index < -0.39 is 0 Å². The van der Waals surface area contributed by atoms with Gasteiger partial charge in [-0.1, -0.05) is 36.5 Å². The lowest BCUT2D eigenvalue weighted by atomic mass is 10.1. The second kappa shape index (κ2) is 3.22. The zero-order valence-corrected chi connectivity index (χ0v) is 5.94. The number of rotatable bonds is 2. The molecule has 0 saturated heterocycles. The van der Waals surface area contributed by atoms with E-state index >= 15 is 0 Å². The first kappa shape index (κ1) is 7.09. The van der Waals surface area contributed by atoms with Gasteiger partial charge in [-0.25, -0.2) is 0 Å². The fourth-order valence-corrected chi connectivity index (χ4v) is 0.839. The number of thiocarbonyl (C=S) groups is 1. The molecule has 0 N–H and O–H groups in total. The summed E-state index contributed by atoms with van der Waals surface area (Å²) in [4.78, 5) is 10.2. The molecule has 1 rings (SSSR count). The summed E-state index contributed by atoms with van der Waals surface area (Å²) in [5.41, 5.74) is 1.10. The topological polar surface area (TPSA) is 17.1 Å². The average molecular weight is 148 g/mol. The second-order valence-electron chi connectivity index (χ2n) is 1.75. The van der Waals surface area contributed by atoms with Gasteiger partial charge in [-0.15, -0.1) is 0 Å². The fraction of sp³-hybridized carbons (Fsp3) is 0. The molecule has 0 bridgehead atoms. The van der Waals surface area contributed by atoms with E-state index in [-0.39, 0.29) is 0 Å². The zero-order chi connectivity index (χ0) is 7.40. The highest BCUT2D eigenvalue weighted by Gasteiger charge is 1.95. The Balaban J connectivity index is 3.20. The van der Waals surface area contributed by atoms with Crippen molar-refractivity contribution in [2.24, 2.45) is 0 Å². The van der Waals surface area contributed by atoms with Crippen LogP contribution < -0.4 is 0 Å². The van der Waals surface area contributed by atoms with Gasteiger partial charge in [0.05, 0.1) is 5.37 Å². The third kappa shape index (κ3) is 1.28. The lowest BCUT2D eigenvalue weighted by molar-refractivity contribution is 0.562. The standard InChI is InChI=1S/C8H4OS/c9-5-7-3-1-2-4-8(7)6-10/h1-4H. The molecule has 2 heteroatoms. The molecule has 1 nitrogen and oxygen atoms in total. The minimum atomic E-state index is 0.470. The maximum absolute atomic E-state index is 10.2. The predicted molar refractivity (Wildman–Crippen MR) is 42.9 cm³/mol. The molecule has 0 aliphatic carbocycles. The van der Waals surface area contributed by atoms with Crippen LogP contribution in [0.4, 0.5) is 0 Å². The number of hydrogen-bond donors (Lipinski definition) is 0. The van der Waals surface area contributed by atoms with Crippen molar-refractivity contribution in [2.75, 3.05) is 0 Å². The van der Waals surface area contributed by atoms with E-state index in [4.69, 9.17) is 0 Å². The van der Waals surface area contributed by atoms with Gasteiger partial charge in [0.15, 0.2) is 0 Å². The molecule has 1 aromatic rings. The summed E-state index contributed by atoms with van der Waals surface area (Å²) in [5, 5.41) is 2.47. The molecule has 0 heterocycles. The van der Waals surface area contributed by atoms with Crippen molar-refractivity contribution in [2.45, 2.75) is 0 Å². The van der Waals surface area contributed by atoms with Gasteiger partial charge in [-0.2, -0.15) is 0 Å². The van der Waals surface area contributed by atoms with Crippen LogP contribution in [0.3, 0.4) is 0 Å². The zero-order valence-electron chi connectivity index (χ0n) is 5.13. The molecule has 0 aromatic heterocycles. The summed E-state index contributed by atoms with van der Waals surface area (Å²) in [6, 6.07) is 6.95. The number of benzene rings is 1. The maximum Gasteiger partial charge on any atom is 0.234 e. The Labute approximate surface area is 64.7 Å². The second-order valence-corrected chi connectivity index (χ2v) is 1.95. The molecule has 2 radical (unpaired) electrons. The quantitative estimate of drug-likeness (QED) is 0.589. The van der Waals surface area contributed by atoms with E-state index in [0.29, 0.717) is 11.1 Å². The van der Waals surface area contributed by atoms with Crippen molar-refractivity contribution in [3.8, 4) is 0 Å². The van der Waals surface area contributed by atoms with Crippen LogP contribution in [-0.4, -0.2) is 11.7 Å². The van der Waals surface area contributed by atoms with E-state index in [0.717, 1.165) is 0 Å². The van der Waals surface area contributed by atoms with Crippen molar-refractivity contribution in [3.05, 3.63) is 35.4 Å². The van der Waals surface area contributed by atoms with Crippen molar-refractivity contribution < 1.29 is 4.79 Å². The largest absolute Gasteiger partial charge is 0.285 e. The molecule has 0 atom stereocenters. The normalized spacial score (nSPS) is 8.80. The third-order valence-corrected chi connectivity index (χ3v) is 1.37. The van der Waals surface area contributed by atoms with Crippen molar-refractivity contribution in [3.63, 3.8) is 0 Å². The Hall–Kier alpha value is -1.02. The minimum absolute atomic E-state index is 0.470. The Bertz CT molecular complexity index is 228.